The summed E-state index contributed by atoms with van der Waals surface area (Å²) in [5.74, 6) is 1.19. The number of methoxy groups -OCH3 is 2. The molecule has 0 bridgehead atoms. The number of rotatable bonds is 6. The average molecular weight is 319 g/mol. The maximum Gasteiger partial charge on any atom is 0.343 e. The number of nitrogens with zero attached hydrogens (tertiary/aromatic N) is 2. The molecule has 2 aromatic heterocycles. The van der Waals surface area contributed by atoms with Gasteiger partial charge in [-0.2, -0.15) is 4.98 Å². The van der Waals surface area contributed by atoms with E-state index in [0.29, 0.717) is 11.4 Å². The Balaban J connectivity index is 2.12. The molecule has 0 saturated heterocycles. The van der Waals surface area contributed by atoms with Crippen LogP contribution in [0.2, 0.25) is 0 Å². The minimum Gasteiger partial charge on any atom is -0.480 e. The second-order valence-electron chi connectivity index (χ2n) is 5.30. The van der Waals surface area contributed by atoms with E-state index in [1.807, 2.05) is 20.8 Å². The van der Waals surface area contributed by atoms with Gasteiger partial charge in [-0.05, 0) is 39.3 Å². The van der Waals surface area contributed by atoms with E-state index in [0.717, 1.165) is 23.4 Å². The van der Waals surface area contributed by atoms with Crippen molar-refractivity contribution >= 4 is 11.8 Å². The minimum absolute atomic E-state index is 0.105. The van der Waals surface area contributed by atoms with Crippen LogP contribution in [-0.2, 0) is 11.2 Å². The van der Waals surface area contributed by atoms with Crippen molar-refractivity contribution in [1.82, 2.24) is 10.1 Å². The Morgan fingerprint density at radius 3 is 2.65 bits per heavy atom. The third kappa shape index (κ3) is 3.80. The summed E-state index contributed by atoms with van der Waals surface area (Å²) in [5.41, 5.74) is 2.27. The third-order valence-electron chi connectivity index (χ3n) is 3.54. The van der Waals surface area contributed by atoms with E-state index in [9.17, 15) is 4.79 Å². The van der Waals surface area contributed by atoms with E-state index in [4.69, 9.17) is 14.0 Å². The van der Waals surface area contributed by atoms with Gasteiger partial charge >= 0.3 is 5.97 Å². The molecule has 1 atom stereocenters. The van der Waals surface area contributed by atoms with Crippen molar-refractivity contribution in [2.75, 3.05) is 19.5 Å². The molecule has 0 radical (unpaired) electrons. The summed E-state index contributed by atoms with van der Waals surface area (Å²) in [4.78, 5) is 15.9. The Morgan fingerprint density at radius 1 is 1.35 bits per heavy atom. The predicted molar refractivity (Wildman–Crippen MR) is 84.9 cm³/mol. The summed E-state index contributed by atoms with van der Waals surface area (Å²) in [6.07, 6.45) is 0.754. The van der Waals surface area contributed by atoms with Crippen LogP contribution in [0.5, 0.6) is 5.88 Å². The quantitative estimate of drug-likeness (QED) is 0.819. The highest BCUT2D eigenvalue weighted by Gasteiger charge is 2.17. The van der Waals surface area contributed by atoms with Crippen LogP contribution in [-0.4, -0.2) is 36.4 Å². The molecule has 2 rings (SSSR count). The predicted octanol–water partition coefficient (Wildman–Crippen LogP) is 2.52. The van der Waals surface area contributed by atoms with E-state index in [2.05, 4.69) is 15.5 Å². The largest absolute Gasteiger partial charge is 0.480 e. The SMILES string of the molecule is COC(=O)c1ccc(NC(C)Cc2c(C)noc2C)nc1OC. The van der Waals surface area contributed by atoms with Gasteiger partial charge in [0.2, 0.25) is 5.88 Å². The van der Waals surface area contributed by atoms with Crippen LogP contribution in [0.1, 0.15) is 34.3 Å². The third-order valence-corrected chi connectivity index (χ3v) is 3.54. The first-order chi connectivity index (χ1) is 11.0. The number of ether oxygens (including phenoxy) is 2. The number of hydrogen-bond donors (Lipinski definition) is 1. The van der Waals surface area contributed by atoms with Gasteiger partial charge in [-0.15, -0.1) is 0 Å². The second-order valence-corrected chi connectivity index (χ2v) is 5.30. The van der Waals surface area contributed by atoms with Crippen LogP contribution < -0.4 is 10.1 Å². The lowest BCUT2D eigenvalue weighted by atomic mass is 10.1. The molecule has 0 aromatic carbocycles. The molecule has 0 saturated carbocycles. The standard InChI is InChI=1S/C16H21N3O4/c1-9(8-13-10(2)19-23-11(13)3)17-14-7-6-12(16(20)22-5)15(18-14)21-4/h6-7,9H,8H2,1-5H3,(H,17,18). The molecule has 2 heterocycles. The van der Waals surface area contributed by atoms with Crippen LogP contribution in [0.15, 0.2) is 16.7 Å². The molecule has 2 aromatic rings. The van der Waals surface area contributed by atoms with E-state index in [-0.39, 0.29) is 11.9 Å². The fourth-order valence-electron chi connectivity index (χ4n) is 2.34. The number of aryl methyl sites for hydroxylation is 2. The topological polar surface area (TPSA) is 86.5 Å². The van der Waals surface area contributed by atoms with Crippen molar-refractivity contribution < 1.29 is 18.8 Å². The first kappa shape index (κ1) is 16.8. The van der Waals surface area contributed by atoms with Crippen molar-refractivity contribution in [1.29, 1.82) is 0 Å². The number of pyridine rings is 1. The minimum atomic E-state index is -0.482. The molecule has 7 nitrogen and oxygen atoms in total. The van der Waals surface area contributed by atoms with Gasteiger partial charge < -0.3 is 19.3 Å². The Labute approximate surface area is 135 Å². The van der Waals surface area contributed by atoms with Crippen molar-refractivity contribution in [3.05, 3.63) is 34.7 Å². The summed E-state index contributed by atoms with van der Waals surface area (Å²) >= 11 is 0. The Hall–Kier alpha value is -2.57. The maximum atomic E-state index is 11.6. The summed E-state index contributed by atoms with van der Waals surface area (Å²) < 4.78 is 15.0. The van der Waals surface area contributed by atoms with E-state index in [1.54, 1.807) is 12.1 Å². The molecule has 0 spiro atoms. The Morgan fingerprint density at radius 2 is 2.09 bits per heavy atom. The number of anilines is 1. The summed E-state index contributed by atoms with van der Waals surface area (Å²) in [6.45, 7) is 5.85. The normalized spacial score (nSPS) is 11.9. The zero-order valence-electron chi connectivity index (χ0n) is 14.0. The highest BCUT2D eigenvalue weighted by Crippen LogP contribution is 2.21. The van der Waals surface area contributed by atoms with Gasteiger partial charge in [-0.1, -0.05) is 5.16 Å². The molecule has 1 unspecified atom stereocenters. The fraction of sp³-hybridized carbons (Fsp3) is 0.438. The zero-order valence-corrected chi connectivity index (χ0v) is 14.0. The molecule has 0 aliphatic carbocycles. The van der Waals surface area contributed by atoms with E-state index < -0.39 is 5.97 Å². The number of hydrogen-bond acceptors (Lipinski definition) is 7. The number of nitrogens with one attached hydrogen (secondary N) is 1. The lowest BCUT2D eigenvalue weighted by Gasteiger charge is -2.15. The van der Waals surface area contributed by atoms with Crippen molar-refractivity contribution in [2.45, 2.75) is 33.2 Å². The molecule has 0 fully saturated rings. The van der Waals surface area contributed by atoms with E-state index in [1.165, 1.54) is 14.2 Å². The fourth-order valence-corrected chi connectivity index (χ4v) is 2.34. The van der Waals surface area contributed by atoms with Crippen LogP contribution in [0.25, 0.3) is 0 Å². The number of carbonyl (C=O) groups is 1. The van der Waals surface area contributed by atoms with Crippen molar-refractivity contribution in [3.63, 3.8) is 0 Å². The molecule has 7 heteroatoms. The Bertz CT molecular complexity index is 677. The van der Waals surface area contributed by atoms with Gasteiger partial charge in [-0.25, -0.2) is 4.79 Å². The summed E-state index contributed by atoms with van der Waals surface area (Å²) in [7, 11) is 2.78. The highest BCUT2D eigenvalue weighted by atomic mass is 16.5. The van der Waals surface area contributed by atoms with Gasteiger partial charge in [-0.3, -0.25) is 0 Å². The zero-order chi connectivity index (χ0) is 17.0. The summed E-state index contributed by atoms with van der Waals surface area (Å²) in [6, 6.07) is 3.45. The second kappa shape index (κ2) is 7.13. The van der Waals surface area contributed by atoms with Crippen molar-refractivity contribution in [3.8, 4) is 5.88 Å². The number of aromatic nitrogens is 2. The number of esters is 1. The Kier molecular flexibility index (Phi) is 5.20. The van der Waals surface area contributed by atoms with Gasteiger partial charge in [0.25, 0.3) is 0 Å². The first-order valence-corrected chi connectivity index (χ1v) is 7.27. The van der Waals surface area contributed by atoms with Crippen LogP contribution in [0.4, 0.5) is 5.82 Å². The first-order valence-electron chi connectivity index (χ1n) is 7.27. The smallest absolute Gasteiger partial charge is 0.343 e. The maximum absolute atomic E-state index is 11.6. The van der Waals surface area contributed by atoms with Crippen molar-refractivity contribution in [2.24, 2.45) is 0 Å². The van der Waals surface area contributed by atoms with Gasteiger partial charge in [0.15, 0.2) is 0 Å². The van der Waals surface area contributed by atoms with Crippen LogP contribution in [0.3, 0.4) is 0 Å². The highest BCUT2D eigenvalue weighted by molar-refractivity contribution is 5.92. The monoisotopic (exact) mass is 319 g/mol. The molecule has 0 aliphatic heterocycles. The molecular weight excluding hydrogens is 298 g/mol. The number of carbonyl (C=O) groups excluding carboxylic acids is 1. The molecule has 23 heavy (non-hydrogen) atoms. The molecular formula is C16H21N3O4. The van der Waals surface area contributed by atoms with Gasteiger partial charge in [0, 0.05) is 11.6 Å². The molecule has 0 aliphatic rings. The molecule has 0 amide bonds. The van der Waals surface area contributed by atoms with Crippen LogP contribution in [0, 0.1) is 13.8 Å². The van der Waals surface area contributed by atoms with Gasteiger partial charge in [0.1, 0.15) is 17.1 Å². The van der Waals surface area contributed by atoms with Gasteiger partial charge in [0.05, 0.1) is 19.9 Å². The van der Waals surface area contributed by atoms with E-state index >= 15 is 0 Å². The average Bonchev–Trinajstić information content (AvgIpc) is 2.85. The molecule has 124 valence electrons. The molecule has 1 N–H and O–H groups in total. The lowest BCUT2D eigenvalue weighted by molar-refractivity contribution is 0.0596. The van der Waals surface area contributed by atoms with Crippen LogP contribution >= 0.6 is 0 Å². The summed E-state index contributed by atoms with van der Waals surface area (Å²) in [5, 5.41) is 7.24. The lowest BCUT2D eigenvalue weighted by Crippen LogP contribution is -2.20.